The highest BCUT2D eigenvalue weighted by Gasteiger charge is 2.10. The Morgan fingerprint density at radius 2 is 2.31 bits per heavy atom. The van der Waals surface area contributed by atoms with E-state index >= 15 is 0 Å². The van der Waals surface area contributed by atoms with Gasteiger partial charge in [-0.25, -0.2) is 4.39 Å². The Hall–Kier alpha value is -1.53. The monoisotopic (exact) mass is 239 g/mol. The van der Waals surface area contributed by atoms with Gasteiger partial charge in [0.25, 0.3) is 5.91 Å². The van der Waals surface area contributed by atoms with Crippen molar-refractivity contribution in [1.29, 1.82) is 0 Å². The molecule has 84 valence electrons. The van der Waals surface area contributed by atoms with Crippen molar-refractivity contribution < 1.29 is 9.18 Å². The molecule has 1 aromatic rings. The van der Waals surface area contributed by atoms with Gasteiger partial charge in [0.15, 0.2) is 0 Å². The van der Waals surface area contributed by atoms with Gasteiger partial charge in [0, 0.05) is 18.0 Å². The molecule has 0 aliphatic carbocycles. The number of carbonyl (C=O) groups excluding carboxylic acids is 1. The van der Waals surface area contributed by atoms with Crippen molar-refractivity contribution in [1.82, 2.24) is 5.32 Å². The molecule has 0 aromatic heterocycles. The SMILES string of the molecule is CC#CCCNC(=O)c1cc(Cl)ccc1F. The molecule has 0 saturated heterocycles. The first kappa shape index (κ1) is 12.5. The van der Waals surface area contributed by atoms with Crippen LogP contribution in [0.3, 0.4) is 0 Å². The first-order chi connectivity index (χ1) is 7.65. The summed E-state index contributed by atoms with van der Waals surface area (Å²) in [4.78, 5) is 11.5. The minimum Gasteiger partial charge on any atom is -0.351 e. The highest BCUT2D eigenvalue weighted by Crippen LogP contribution is 2.14. The van der Waals surface area contributed by atoms with Gasteiger partial charge in [0.05, 0.1) is 5.56 Å². The molecule has 0 aliphatic rings. The van der Waals surface area contributed by atoms with E-state index in [0.717, 1.165) is 0 Å². The first-order valence-electron chi connectivity index (χ1n) is 4.78. The Balaban J connectivity index is 2.64. The lowest BCUT2D eigenvalue weighted by Crippen LogP contribution is -2.25. The molecule has 1 aromatic carbocycles. The molecule has 0 atom stereocenters. The number of nitrogens with one attached hydrogen (secondary N) is 1. The predicted octanol–water partition coefficient (Wildman–Crippen LogP) is 2.62. The second kappa shape index (κ2) is 6.14. The van der Waals surface area contributed by atoms with Crippen LogP contribution in [0.2, 0.25) is 5.02 Å². The van der Waals surface area contributed by atoms with Gasteiger partial charge in [-0.15, -0.1) is 11.8 Å². The molecule has 0 saturated carbocycles. The summed E-state index contributed by atoms with van der Waals surface area (Å²) in [7, 11) is 0. The fourth-order valence-electron chi connectivity index (χ4n) is 1.13. The first-order valence-corrected chi connectivity index (χ1v) is 5.16. The summed E-state index contributed by atoms with van der Waals surface area (Å²) < 4.78 is 13.2. The van der Waals surface area contributed by atoms with Gasteiger partial charge >= 0.3 is 0 Å². The smallest absolute Gasteiger partial charge is 0.254 e. The number of benzene rings is 1. The molecule has 1 rings (SSSR count). The third kappa shape index (κ3) is 3.56. The summed E-state index contributed by atoms with van der Waals surface area (Å²) in [5.74, 6) is 4.45. The van der Waals surface area contributed by atoms with Gasteiger partial charge in [0.2, 0.25) is 0 Å². The average molecular weight is 240 g/mol. The lowest BCUT2D eigenvalue weighted by Gasteiger charge is -2.04. The Kier molecular flexibility index (Phi) is 4.81. The van der Waals surface area contributed by atoms with E-state index < -0.39 is 11.7 Å². The van der Waals surface area contributed by atoms with Crippen molar-refractivity contribution in [3.63, 3.8) is 0 Å². The lowest BCUT2D eigenvalue weighted by molar-refractivity contribution is 0.0950. The third-order valence-electron chi connectivity index (χ3n) is 1.89. The molecule has 1 amide bonds. The fraction of sp³-hybridized carbons (Fsp3) is 0.250. The normalized spacial score (nSPS) is 9.19. The van der Waals surface area contributed by atoms with Crippen molar-refractivity contribution in [2.45, 2.75) is 13.3 Å². The van der Waals surface area contributed by atoms with Crippen LogP contribution < -0.4 is 5.32 Å². The van der Waals surface area contributed by atoms with Crippen LogP contribution in [0.15, 0.2) is 18.2 Å². The molecular weight excluding hydrogens is 229 g/mol. The van der Waals surface area contributed by atoms with Crippen LogP contribution >= 0.6 is 11.6 Å². The van der Waals surface area contributed by atoms with Crippen LogP contribution in [-0.4, -0.2) is 12.5 Å². The Morgan fingerprint density at radius 3 is 3.00 bits per heavy atom. The summed E-state index contributed by atoms with van der Waals surface area (Å²) in [5, 5.41) is 2.89. The van der Waals surface area contributed by atoms with Crippen molar-refractivity contribution in [2.75, 3.05) is 6.54 Å². The Labute approximate surface area is 98.8 Å². The van der Waals surface area contributed by atoms with Crippen LogP contribution in [0.5, 0.6) is 0 Å². The predicted molar refractivity (Wildman–Crippen MR) is 61.8 cm³/mol. The number of halogens is 2. The topological polar surface area (TPSA) is 29.1 Å². The summed E-state index contributed by atoms with van der Waals surface area (Å²) in [6.07, 6.45) is 0.546. The van der Waals surface area contributed by atoms with Crippen molar-refractivity contribution in [3.05, 3.63) is 34.6 Å². The number of rotatable bonds is 3. The molecule has 1 N–H and O–H groups in total. The van der Waals surface area contributed by atoms with Gasteiger partial charge < -0.3 is 5.32 Å². The van der Waals surface area contributed by atoms with Crippen LogP contribution in [0.25, 0.3) is 0 Å². The van der Waals surface area contributed by atoms with E-state index in [4.69, 9.17) is 11.6 Å². The van der Waals surface area contributed by atoms with E-state index in [9.17, 15) is 9.18 Å². The fourth-order valence-corrected chi connectivity index (χ4v) is 1.30. The number of carbonyl (C=O) groups is 1. The summed E-state index contributed by atoms with van der Waals surface area (Å²) in [6, 6.07) is 3.87. The summed E-state index contributed by atoms with van der Waals surface area (Å²) >= 11 is 5.68. The summed E-state index contributed by atoms with van der Waals surface area (Å²) in [5.41, 5.74) is -0.0445. The van der Waals surface area contributed by atoms with Gasteiger partial charge in [-0.2, -0.15) is 0 Å². The molecular formula is C12H11ClFNO. The Morgan fingerprint density at radius 1 is 1.56 bits per heavy atom. The molecule has 0 radical (unpaired) electrons. The van der Waals surface area contributed by atoms with Gasteiger partial charge in [0.1, 0.15) is 5.82 Å². The van der Waals surface area contributed by atoms with Crippen molar-refractivity contribution >= 4 is 17.5 Å². The molecule has 0 bridgehead atoms. The highest BCUT2D eigenvalue weighted by atomic mass is 35.5. The standard InChI is InChI=1S/C12H11ClFNO/c1-2-3-4-7-15-12(16)10-8-9(13)5-6-11(10)14/h5-6,8H,4,7H2,1H3,(H,15,16). The number of hydrogen-bond donors (Lipinski definition) is 1. The molecule has 0 unspecified atom stereocenters. The second-order valence-corrected chi connectivity index (χ2v) is 3.49. The van der Waals surface area contributed by atoms with Crippen molar-refractivity contribution in [3.8, 4) is 11.8 Å². The maximum atomic E-state index is 13.2. The molecule has 4 heteroatoms. The van der Waals surface area contributed by atoms with Crippen molar-refractivity contribution in [2.24, 2.45) is 0 Å². The lowest BCUT2D eigenvalue weighted by atomic mass is 10.2. The minimum absolute atomic E-state index is 0.0445. The molecule has 16 heavy (non-hydrogen) atoms. The van der Waals surface area contributed by atoms with E-state index in [2.05, 4.69) is 17.2 Å². The molecule has 0 heterocycles. The summed E-state index contributed by atoms with van der Waals surface area (Å²) in [6.45, 7) is 2.12. The Bertz CT molecular complexity index is 448. The van der Waals surface area contributed by atoms with Gasteiger partial charge in [-0.05, 0) is 25.1 Å². The number of amides is 1. The van der Waals surface area contributed by atoms with E-state index in [1.807, 2.05) is 0 Å². The van der Waals surface area contributed by atoms with Crippen LogP contribution in [0, 0.1) is 17.7 Å². The third-order valence-corrected chi connectivity index (χ3v) is 2.12. The zero-order valence-electron chi connectivity index (χ0n) is 8.81. The largest absolute Gasteiger partial charge is 0.351 e. The zero-order chi connectivity index (χ0) is 12.0. The maximum absolute atomic E-state index is 13.2. The van der Waals surface area contributed by atoms with Crippen LogP contribution in [-0.2, 0) is 0 Å². The van der Waals surface area contributed by atoms with E-state index in [1.165, 1.54) is 18.2 Å². The van der Waals surface area contributed by atoms with Gasteiger partial charge in [-0.1, -0.05) is 11.6 Å². The highest BCUT2D eigenvalue weighted by molar-refractivity contribution is 6.30. The second-order valence-electron chi connectivity index (χ2n) is 3.06. The van der Waals surface area contributed by atoms with Crippen LogP contribution in [0.1, 0.15) is 23.7 Å². The van der Waals surface area contributed by atoms with E-state index in [0.29, 0.717) is 18.0 Å². The molecule has 0 spiro atoms. The average Bonchev–Trinajstić information content (AvgIpc) is 2.27. The maximum Gasteiger partial charge on any atom is 0.254 e. The number of hydrogen-bond acceptors (Lipinski definition) is 1. The molecule has 0 fully saturated rings. The quantitative estimate of drug-likeness (QED) is 0.638. The van der Waals surface area contributed by atoms with Crippen LogP contribution in [0.4, 0.5) is 4.39 Å². The minimum atomic E-state index is -0.580. The molecule has 0 aliphatic heterocycles. The van der Waals surface area contributed by atoms with Gasteiger partial charge in [-0.3, -0.25) is 4.79 Å². The molecule has 2 nitrogen and oxygen atoms in total. The zero-order valence-corrected chi connectivity index (χ0v) is 9.57. The van der Waals surface area contributed by atoms with E-state index in [-0.39, 0.29) is 5.56 Å². The van der Waals surface area contributed by atoms with E-state index in [1.54, 1.807) is 6.92 Å².